The van der Waals surface area contributed by atoms with Gasteiger partial charge in [-0.25, -0.2) is 4.79 Å². The van der Waals surface area contributed by atoms with E-state index in [1.54, 1.807) is 0 Å². The molecular weight excluding hydrogens is 308 g/mol. The Morgan fingerprint density at radius 1 is 1.08 bits per heavy atom. The molecule has 2 N–H and O–H groups in total. The summed E-state index contributed by atoms with van der Waals surface area (Å²) < 4.78 is 4.69. The largest absolute Gasteiger partial charge is 0.467 e. The molecule has 0 fully saturated rings. The number of methoxy groups -OCH3 is 1. The molecule has 1 aromatic carbocycles. The Hall–Kier alpha value is -2.37. The van der Waals surface area contributed by atoms with Gasteiger partial charge in [0.1, 0.15) is 6.04 Å². The predicted octanol–water partition coefficient (Wildman–Crippen LogP) is 1.44. The zero-order chi connectivity index (χ0) is 17.9. The van der Waals surface area contributed by atoms with Gasteiger partial charge in [-0.05, 0) is 24.3 Å². The monoisotopic (exact) mass is 334 g/mol. The molecule has 0 heterocycles. The van der Waals surface area contributed by atoms with E-state index in [0.29, 0.717) is 19.3 Å². The number of rotatable bonds is 9. The fourth-order valence-electron chi connectivity index (χ4n) is 2.24. The lowest BCUT2D eigenvalue weighted by molar-refractivity contribution is -0.145. The second-order valence-corrected chi connectivity index (χ2v) is 6.04. The Bertz CT molecular complexity index is 543. The minimum Gasteiger partial charge on any atom is -0.467 e. The maximum atomic E-state index is 11.9. The van der Waals surface area contributed by atoms with Crippen LogP contribution in [-0.2, 0) is 25.5 Å². The van der Waals surface area contributed by atoms with Gasteiger partial charge in [-0.1, -0.05) is 44.2 Å². The molecule has 0 saturated heterocycles. The minimum absolute atomic E-state index is 0.154. The molecule has 0 aromatic heterocycles. The van der Waals surface area contributed by atoms with Crippen LogP contribution in [0.2, 0.25) is 0 Å². The van der Waals surface area contributed by atoms with E-state index in [4.69, 9.17) is 0 Å². The van der Waals surface area contributed by atoms with Crippen LogP contribution in [0.5, 0.6) is 0 Å². The summed E-state index contributed by atoms with van der Waals surface area (Å²) in [5.74, 6) is -0.853. The second kappa shape index (κ2) is 10.4. The standard InChI is InChI=1S/C18H26N2O4/c1-13(2)11-15(18(23)24-3)20-17(22)12-19-16(21)10-9-14-7-5-4-6-8-14/h4-8,13,15H,9-12H2,1-3H3,(H,19,21)(H,20,22)/t15-/m1/s1. The van der Waals surface area contributed by atoms with E-state index in [9.17, 15) is 14.4 Å². The maximum Gasteiger partial charge on any atom is 0.328 e. The fraction of sp³-hybridized carbons (Fsp3) is 0.500. The molecule has 0 radical (unpaired) electrons. The number of aryl methyl sites for hydroxylation is 1. The fourth-order valence-corrected chi connectivity index (χ4v) is 2.24. The lowest BCUT2D eigenvalue weighted by Crippen LogP contribution is -2.46. The molecule has 0 aliphatic heterocycles. The average Bonchev–Trinajstić information content (AvgIpc) is 2.57. The number of hydrogen-bond acceptors (Lipinski definition) is 4. The summed E-state index contributed by atoms with van der Waals surface area (Å²) >= 11 is 0. The van der Waals surface area contributed by atoms with Crippen molar-refractivity contribution in [3.8, 4) is 0 Å². The molecule has 0 aliphatic rings. The lowest BCUT2D eigenvalue weighted by Gasteiger charge is -2.18. The highest BCUT2D eigenvalue weighted by Gasteiger charge is 2.22. The lowest BCUT2D eigenvalue weighted by atomic mass is 10.0. The van der Waals surface area contributed by atoms with Crippen LogP contribution in [0, 0.1) is 5.92 Å². The van der Waals surface area contributed by atoms with E-state index in [1.165, 1.54) is 7.11 Å². The van der Waals surface area contributed by atoms with Crippen molar-refractivity contribution in [1.82, 2.24) is 10.6 Å². The Kier molecular flexibility index (Phi) is 8.54. The van der Waals surface area contributed by atoms with Crippen molar-refractivity contribution in [3.05, 3.63) is 35.9 Å². The number of nitrogens with one attached hydrogen (secondary N) is 2. The average molecular weight is 334 g/mol. The summed E-state index contributed by atoms with van der Waals surface area (Å²) in [4.78, 5) is 35.3. The van der Waals surface area contributed by atoms with Crippen molar-refractivity contribution in [1.29, 1.82) is 0 Å². The number of carbonyl (C=O) groups is 3. The topological polar surface area (TPSA) is 84.5 Å². The van der Waals surface area contributed by atoms with Gasteiger partial charge in [-0.2, -0.15) is 0 Å². The van der Waals surface area contributed by atoms with Crippen molar-refractivity contribution in [2.45, 2.75) is 39.2 Å². The first-order valence-corrected chi connectivity index (χ1v) is 8.10. The van der Waals surface area contributed by atoms with Crippen molar-refractivity contribution < 1.29 is 19.1 Å². The van der Waals surface area contributed by atoms with Crippen LogP contribution in [0.4, 0.5) is 0 Å². The van der Waals surface area contributed by atoms with Crippen LogP contribution in [-0.4, -0.2) is 37.5 Å². The van der Waals surface area contributed by atoms with Crippen LogP contribution in [0.15, 0.2) is 30.3 Å². The van der Waals surface area contributed by atoms with Crippen molar-refractivity contribution in [3.63, 3.8) is 0 Å². The van der Waals surface area contributed by atoms with Crippen molar-refractivity contribution in [2.75, 3.05) is 13.7 Å². The first kappa shape index (κ1) is 19.7. The van der Waals surface area contributed by atoms with Crippen molar-refractivity contribution >= 4 is 17.8 Å². The maximum absolute atomic E-state index is 11.9. The number of amides is 2. The zero-order valence-electron chi connectivity index (χ0n) is 14.5. The predicted molar refractivity (Wildman–Crippen MR) is 91.2 cm³/mol. The smallest absolute Gasteiger partial charge is 0.328 e. The first-order chi connectivity index (χ1) is 11.4. The van der Waals surface area contributed by atoms with E-state index in [2.05, 4.69) is 15.4 Å². The van der Waals surface area contributed by atoms with E-state index >= 15 is 0 Å². The third-order valence-electron chi connectivity index (χ3n) is 3.46. The Balaban J connectivity index is 2.35. The van der Waals surface area contributed by atoms with Crippen LogP contribution >= 0.6 is 0 Å². The highest BCUT2D eigenvalue weighted by atomic mass is 16.5. The highest BCUT2D eigenvalue weighted by Crippen LogP contribution is 2.06. The van der Waals surface area contributed by atoms with Crippen LogP contribution < -0.4 is 10.6 Å². The molecule has 132 valence electrons. The summed E-state index contributed by atoms with van der Waals surface area (Å²) in [6, 6.07) is 8.97. The molecule has 0 saturated carbocycles. The Labute approximate surface area is 143 Å². The summed E-state index contributed by atoms with van der Waals surface area (Å²) in [7, 11) is 1.28. The SMILES string of the molecule is COC(=O)[C@@H](CC(C)C)NC(=O)CNC(=O)CCc1ccccc1. The van der Waals surface area contributed by atoms with Gasteiger partial charge in [-0.3, -0.25) is 9.59 Å². The molecule has 6 nitrogen and oxygen atoms in total. The van der Waals surface area contributed by atoms with Gasteiger partial charge in [0, 0.05) is 6.42 Å². The molecule has 0 bridgehead atoms. The summed E-state index contributed by atoms with van der Waals surface area (Å²) in [6.07, 6.45) is 1.41. The van der Waals surface area contributed by atoms with Gasteiger partial charge in [-0.15, -0.1) is 0 Å². The van der Waals surface area contributed by atoms with Crippen LogP contribution in [0.3, 0.4) is 0 Å². The van der Waals surface area contributed by atoms with E-state index in [1.807, 2.05) is 44.2 Å². The molecule has 0 spiro atoms. The molecule has 1 atom stereocenters. The summed E-state index contributed by atoms with van der Waals surface area (Å²) in [6.45, 7) is 3.75. The van der Waals surface area contributed by atoms with Gasteiger partial charge >= 0.3 is 5.97 Å². The Morgan fingerprint density at radius 3 is 2.33 bits per heavy atom. The van der Waals surface area contributed by atoms with Gasteiger partial charge < -0.3 is 15.4 Å². The molecule has 6 heteroatoms. The first-order valence-electron chi connectivity index (χ1n) is 8.10. The second-order valence-electron chi connectivity index (χ2n) is 6.04. The number of benzene rings is 1. The zero-order valence-corrected chi connectivity index (χ0v) is 14.5. The molecule has 0 aliphatic carbocycles. The van der Waals surface area contributed by atoms with Crippen LogP contribution in [0.25, 0.3) is 0 Å². The van der Waals surface area contributed by atoms with Gasteiger partial charge in [0.25, 0.3) is 0 Å². The molecule has 2 amide bonds. The van der Waals surface area contributed by atoms with Gasteiger partial charge in [0.2, 0.25) is 11.8 Å². The van der Waals surface area contributed by atoms with Gasteiger partial charge in [0.15, 0.2) is 0 Å². The summed E-state index contributed by atoms with van der Waals surface area (Å²) in [5.41, 5.74) is 1.07. The molecule has 1 aromatic rings. The van der Waals surface area contributed by atoms with E-state index < -0.39 is 17.9 Å². The normalized spacial score (nSPS) is 11.7. The van der Waals surface area contributed by atoms with Crippen molar-refractivity contribution in [2.24, 2.45) is 5.92 Å². The Morgan fingerprint density at radius 2 is 1.75 bits per heavy atom. The number of ether oxygens (including phenoxy) is 1. The third kappa shape index (κ3) is 7.76. The highest BCUT2D eigenvalue weighted by molar-refractivity contribution is 5.88. The quantitative estimate of drug-likeness (QED) is 0.669. The van der Waals surface area contributed by atoms with Gasteiger partial charge in [0.05, 0.1) is 13.7 Å². The molecular formula is C18H26N2O4. The number of hydrogen-bond donors (Lipinski definition) is 2. The minimum atomic E-state index is -0.691. The van der Waals surface area contributed by atoms with Crippen LogP contribution in [0.1, 0.15) is 32.3 Å². The summed E-state index contributed by atoms with van der Waals surface area (Å²) in [5, 5.41) is 5.17. The molecule has 0 unspecified atom stereocenters. The van der Waals surface area contributed by atoms with E-state index in [0.717, 1.165) is 5.56 Å². The molecule has 1 rings (SSSR count). The molecule has 24 heavy (non-hydrogen) atoms. The third-order valence-corrected chi connectivity index (χ3v) is 3.46. The number of carbonyl (C=O) groups excluding carboxylic acids is 3. The number of esters is 1. The van der Waals surface area contributed by atoms with E-state index in [-0.39, 0.29) is 18.4 Å².